The highest BCUT2D eigenvalue weighted by Crippen LogP contribution is 1.87. The zero-order chi connectivity index (χ0) is 9.07. The minimum atomic E-state index is 0.341. The van der Waals surface area contributed by atoms with Crippen LogP contribution in [0.4, 0.5) is 0 Å². The molecule has 0 spiro atoms. The molecule has 0 aromatic carbocycles. The molecule has 0 heterocycles. The first-order valence-corrected chi connectivity index (χ1v) is 4.23. The van der Waals surface area contributed by atoms with Gasteiger partial charge in [0.05, 0.1) is 26.0 Å². The molecule has 0 aromatic rings. The van der Waals surface area contributed by atoms with Crippen LogP contribution in [0.5, 0.6) is 0 Å². The second kappa shape index (κ2) is 10.4. The smallest absolute Gasteiger partial charge is 0.0853 e. The summed E-state index contributed by atoms with van der Waals surface area (Å²) in [6.45, 7) is 4.42. The highest BCUT2D eigenvalue weighted by Gasteiger charge is 1.87. The molecule has 4 heteroatoms. The fourth-order valence-corrected chi connectivity index (χ4v) is 0.636. The van der Waals surface area contributed by atoms with Crippen LogP contribution in [0.3, 0.4) is 0 Å². The minimum Gasteiger partial charge on any atom is -0.411 e. The molecule has 0 unspecified atom stereocenters. The summed E-state index contributed by atoms with van der Waals surface area (Å²) in [5.41, 5.74) is 0. The first-order valence-electron chi connectivity index (χ1n) is 4.23. The standard InChI is InChI=1S/C8H17NO3/c1-2-3-5-11-7-8-12-6-4-9-10/h4,10H,2-3,5-8H2,1H3/b9-4+. The van der Waals surface area contributed by atoms with Gasteiger partial charge in [0, 0.05) is 6.61 Å². The van der Waals surface area contributed by atoms with Gasteiger partial charge in [-0.1, -0.05) is 18.5 Å². The third-order valence-corrected chi connectivity index (χ3v) is 1.29. The van der Waals surface area contributed by atoms with Crippen LogP contribution in [0.25, 0.3) is 0 Å². The molecule has 12 heavy (non-hydrogen) atoms. The molecule has 0 saturated heterocycles. The summed E-state index contributed by atoms with van der Waals surface area (Å²) in [4.78, 5) is 0. The number of rotatable bonds is 8. The summed E-state index contributed by atoms with van der Waals surface area (Å²) < 4.78 is 10.2. The zero-order valence-electron chi connectivity index (χ0n) is 7.53. The lowest BCUT2D eigenvalue weighted by Crippen LogP contribution is -2.06. The second-order valence-electron chi connectivity index (χ2n) is 2.34. The molecule has 0 aromatic heterocycles. The second-order valence-corrected chi connectivity index (χ2v) is 2.34. The first kappa shape index (κ1) is 11.4. The number of ether oxygens (including phenoxy) is 2. The van der Waals surface area contributed by atoms with Crippen molar-refractivity contribution in [3.8, 4) is 0 Å². The Morgan fingerprint density at radius 3 is 2.67 bits per heavy atom. The van der Waals surface area contributed by atoms with Gasteiger partial charge in [0.2, 0.25) is 0 Å². The molecule has 1 N–H and O–H groups in total. The van der Waals surface area contributed by atoms with E-state index >= 15 is 0 Å². The van der Waals surface area contributed by atoms with Gasteiger partial charge in [-0.05, 0) is 6.42 Å². The van der Waals surface area contributed by atoms with Gasteiger partial charge in [-0.15, -0.1) is 0 Å². The molecule has 0 amide bonds. The Morgan fingerprint density at radius 2 is 2.00 bits per heavy atom. The van der Waals surface area contributed by atoms with Crippen LogP contribution in [0.1, 0.15) is 19.8 Å². The maximum atomic E-state index is 8.00. The summed E-state index contributed by atoms with van der Waals surface area (Å²) in [6.07, 6.45) is 3.54. The van der Waals surface area contributed by atoms with Crippen LogP contribution < -0.4 is 0 Å². The molecule has 72 valence electrons. The molecule has 0 aliphatic rings. The summed E-state index contributed by atoms with van der Waals surface area (Å²) in [5.74, 6) is 0. The van der Waals surface area contributed by atoms with Crippen molar-refractivity contribution >= 4 is 6.21 Å². The lowest BCUT2D eigenvalue weighted by atomic mass is 10.4. The largest absolute Gasteiger partial charge is 0.411 e. The summed E-state index contributed by atoms with van der Waals surface area (Å²) in [6, 6.07) is 0. The van der Waals surface area contributed by atoms with Gasteiger partial charge in [0.25, 0.3) is 0 Å². The summed E-state index contributed by atoms with van der Waals surface area (Å²) in [5, 5.41) is 10.8. The van der Waals surface area contributed by atoms with Crippen molar-refractivity contribution in [3.63, 3.8) is 0 Å². The van der Waals surface area contributed by atoms with Crippen molar-refractivity contribution in [1.29, 1.82) is 0 Å². The summed E-state index contributed by atoms with van der Waals surface area (Å²) in [7, 11) is 0. The maximum Gasteiger partial charge on any atom is 0.0853 e. The predicted octanol–water partition coefficient (Wildman–Crippen LogP) is 1.28. The Morgan fingerprint density at radius 1 is 1.25 bits per heavy atom. The van der Waals surface area contributed by atoms with Crippen molar-refractivity contribution in [2.75, 3.05) is 26.4 Å². The Kier molecular flexibility index (Phi) is 9.86. The maximum absolute atomic E-state index is 8.00. The van der Waals surface area contributed by atoms with Gasteiger partial charge in [-0.3, -0.25) is 0 Å². The van der Waals surface area contributed by atoms with E-state index in [0.29, 0.717) is 19.8 Å². The van der Waals surface area contributed by atoms with E-state index in [2.05, 4.69) is 12.1 Å². The van der Waals surface area contributed by atoms with Crippen molar-refractivity contribution in [2.45, 2.75) is 19.8 Å². The molecule has 0 bridgehead atoms. The van der Waals surface area contributed by atoms with Crippen molar-refractivity contribution < 1.29 is 14.7 Å². The molecule has 0 rings (SSSR count). The molecular weight excluding hydrogens is 158 g/mol. The van der Waals surface area contributed by atoms with Gasteiger partial charge >= 0.3 is 0 Å². The van der Waals surface area contributed by atoms with E-state index < -0.39 is 0 Å². The molecule has 0 radical (unpaired) electrons. The van der Waals surface area contributed by atoms with E-state index in [0.717, 1.165) is 19.4 Å². The first-order chi connectivity index (χ1) is 5.91. The molecule has 0 fully saturated rings. The fraction of sp³-hybridized carbons (Fsp3) is 0.875. The average Bonchev–Trinajstić information content (AvgIpc) is 2.10. The Labute approximate surface area is 73.2 Å². The van der Waals surface area contributed by atoms with Gasteiger partial charge in [0.1, 0.15) is 0 Å². The van der Waals surface area contributed by atoms with Crippen molar-refractivity contribution in [2.24, 2.45) is 5.16 Å². The zero-order valence-corrected chi connectivity index (χ0v) is 7.53. The van der Waals surface area contributed by atoms with Crippen LogP contribution >= 0.6 is 0 Å². The van der Waals surface area contributed by atoms with Crippen LogP contribution in [-0.2, 0) is 9.47 Å². The number of hydrogen-bond donors (Lipinski definition) is 1. The van der Waals surface area contributed by atoms with Crippen molar-refractivity contribution in [3.05, 3.63) is 0 Å². The van der Waals surface area contributed by atoms with Crippen LogP contribution in [0, 0.1) is 0 Å². The molecule has 4 nitrogen and oxygen atoms in total. The van der Waals surface area contributed by atoms with Crippen LogP contribution in [0.2, 0.25) is 0 Å². The fourth-order valence-electron chi connectivity index (χ4n) is 0.636. The lowest BCUT2D eigenvalue weighted by molar-refractivity contribution is 0.0608. The number of nitrogens with zero attached hydrogens (tertiary/aromatic N) is 1. The van der Waals surface area contributed by atoms with Gasteiger partial charge in [-0.2, -0.15) is 0 Å². The van der Waals surface area contributed by atoms with E-state index in [1.807, 2.05) is 0 Å². The van der Waals surface area contributed by atoms with Crippen LogP contribution in [0.15, 0.2) is 5.16 Å². The lowest BCUT2D eigenvalue weighted by Gasteiger charge is -2.02. The number of unbranched alkanes of at least 4 members (excludes halogenated alkanes) is 1. The van der Waals surface area contributed by atoms with E-state index in [1.165, 1.54) is 6.21 Å². The van der Waals surface area contributed by atoms with Gasteiger partial charge in [-0.25, -0.2) is 0 Å². The molecule has 0 atom stereocenters. The highest BCUT2D eigenvalue weighted by atomic mass is 16.5. The van der Waals surface area contributed by atoms with Gasteiger partial charge in [0.15, 0.2) is 0 Å². The molecular formula is C8H17NO3. The normalized spacial score (nSPS) is 11.1. The van der Waals surface area contributed by atoms with Crippen molar-refractivity contribution in [1.82, 2.24) is 0 Å². The van der Waals surface area contributed by atoms with Gasteiger partial charge < -0.3 is 14.7 Å². The highest BCUT2D eigenvalue weighted by molar-refractivity contribution is 5.57. The van der Waals surface area contributed by atoms with Crippen LogP contribution in [-0.4, -0.2) is 37.8 Å². The monoisotopic (exact) mass is 175 g/mol. The predicted molar refractivity (Wildman–Crippen MR) is 46.8 cm³/mol. The Balaban J connectivity index is 2.81. The molecule has 0 aliphatic heterocycles. The number of oxime groups is 1. The Hall–Kier alpha value is -0.610. The third kappa shape index (κ3) is 9.39. The van der Waals surface area contributed by atoms with E-state index in [1.54, 1.807) is 0 Å². The number of hydrogen-bond acceptors (Lipinski definition) is 4. The molecule has 0 aliphatic carbocycles. The minimum absolute atomic E-state index is 0.341. The average molecular weight is 175 g/mol. The van der Waals surface area contributed by atoms with E-state index in [9.17, 15) is 0 Å². The molecule has 0 saturated carbocycles. The quantitative estimate of drug-likeness (QED) is 0.262. The third-order valence-electron chi connectivity index (χ3n) is 1.29. The van der Waals surface area contributed by atoms with E-state index in [-0.39, 0.29) is 0 Å². The SMILES string of the molecule is CCCCOCCOC/C=N/O. The summed E-state index contributed by atoms with van der Waals surface area (Å²) >= 11 is 0. The Bertz CT molecular complexity index is 106. The van der Waals surface area contributed by atoms with E-state index in [4.69, 9.17) is 14.7 Å². The topological polar surface area (TPSA) is 51.0 Å².